The third kappa shape index (κ3) is 4.70. The number of rotatable bonds is 6. The summed E-state index contributed by atoms with van der Waals surface area (Å²) in [6, 6.07) is 13.8. The molecule has 1 aromatic heterocycles. The van der Waals surface area contributed by atoms with Crippen LogP contribution in [-0.2, 0) is 6.42 Å². The molecule has 2 heterocycles. The molecule has 8 heteroatoms. The lowest BCUT2D eigenvalue weighted by atomic mass is 10.1. The summed E-state index contributed by atoms with van der Waals surface area (Å²) in [6.07, 6.45) is 0.724. The molecule has 3 aromatic rings. The van der Waals surface area contributed by atoms with Crippen molar-refractivity contribution < 1.29 is 14.3 Å². The molecule has 0 saturated carbocycles. The number of methoxy groups -OCH3 is 2. The molecule has 4 rings (SSSR count). The molecule has 1 saturated heterocycles. The predicted octanol–water partition coefficient (Wildman–Crippen LogP) is 3.81. The molecule has 0 bridgehead atoms. The maximum Gasteiger partial charge on any atom is 0.257 e. The van der Waals surface area contributed by atoms with Gasteiger partial charge in [-0.1, -0.05) is 29.8 Å². The Morgan fingerprint density at radius 3 is 2.59 bits per heavy atom. The number of hydrogen-bond donors (Lipinski definition) is 0. The minimum absolute atomic E-state index is 0.0334. The van der Waals surface area contributed by atoms with Crippen molar-refractivity contribution in [3.05, 3.63) is 65.0 Å². The Morgan fingerprint density at radius 2 is 1.91 bits per heavy atom. The van der Waals surface area contributed by atoms with E-state index in [-0.39, 0.29) is 11.9 Å². The van der Waals surface area contributed by atoms with Gasteiger partial charge in [0, 0.05) is 49.7 Å². The fourth-order valence-corrected chi connectivity index (χ4v) is 4.62. The highest BCUT2D eigenvalue weighted by atomic mass is 32.1. The molecule has 0 spiro atoms. The van der Waals surface area contributed by atoms with Crippen molar-refractivity contribution in [2.75, 3.05) is 38.8 Å². The number of piperazine rings is 1. The van der Waals surface area contributed by atoms with Crippen LogP contribution in [0.3, 0.4) is 0 Å². The summed E-state index contributed by atoms with van der Waals surface area (Å²) in [6.45, 7) is 6.19. The summed E-state index contributed by atoms with van der Waals surface area (Å²) in [5.41, 5.74) is 3.00. The van der Waals surface area contributed by atoms with E-state index in [0.29, 0.717) is 36.7 Å². The van der Waals surface area contributed by atoms with E-state index >= 15 is 0 Å². The van der Waals surface area contributed by atoms with Crippen molar-refractivity contribution in [3.8, 4) is 11.5 Å². The average molecular weight is 453 g/mol. The van der Waals surface area contributed by atoms with Crippen LogP contribution in [0.4, 0.5) is 5.13 Å². The van der Waals surface area contributed by atoms with Gasteiger partial charge in [-0.15, -0.1) is 0 Å². The number of ether oxygens (including phenoxy) is 2. The van der Waals surface area contributed by atoms with Crippen LogP contribution < -0.4 is 14.4 Å². The number of benzene rings is 2. The van der Waals surface area contributed by atoms with Crippen molar-refractivity contribution >= 4 is 22.6 Å². The van der Waals surface area contributed by atoms with E-state index < -0.39 is 0 Å². The molecule has 0 radical (unpaired) electrons. The van der Waals surface area contributed by atoms with Crippen LogP contribution in [0.25, 0.3) is 0 Å². The number of hydrogen-bond acceptors (Lipinski definition) is 7. The fourth-order valence-electron chi connectivity index (χ4n) is 3.90. The second kappa shape index (κ2) is 9.56. The molecule has 0 N–H and O–H groups in total. The van der Waals surface area contributed by atoms with Crippen LogP contribution in [-0.4, -0.2) is 60.1 Å². The van der Waals surface area contributed by atoms with Gasteiger partial charge < -0.3 is 19.3 Å². The van der Waals surface area contributed by atoms with Gasteiger partial charge in [0.2, 0.25) is 5.13 Å². The molecule has 1 aliphatic rings. The highest BCUT2D eigenvalue weighted by Gasteiger charge is 2.31. The van der Waals surface area contributed by atoms with E-state index in [1.807, 2.05) is 4.90 Å². The molecule has 32 heavy (non-hydrogen) atoms. The SMILES string of the molecule is COc1ccc(C(=O)N2CCN(c3nc(Cc4ccc(C)cc4)ns3)CC2C)c(OC)c1. The molecule has 1 atom stereocenters. The molecule has 1 aliphatic heterocycles. The van der Waals surface area contributed by atoms with Crippen molar-refractivity contribution in [2.45, 2.75) is 26.3 Å². The minimum Gasteiger partial charge on any atom is -0.497 e. The van der Waals surface area contributed by atoms with Gasteiger partial charge in [-0.2, -0.15) is 4.37 Å². The Hall–Kier alpha value is -3.13. The van der Waals surface area contributed by atoms with Crippen LogP contribution >= 0.6 is 11.5 Å². The zero-order chi connectivity index (χ0) is 22.7. The lowest BCUT2D eigenvalue weighted by molar-refractivity contribution is 0.0670. The zero-order valence-electron chi connectivity index (χ0n) is 18.9. The number of nitrogens with zero attached hydrogens (tertiary/aromatic N) is 4. The summed E-state index contributed by atoms with van der Waals surface area (Å²) in [4.78, 5) is 22.1. The Labute approximate surface area is 192 Å². The first-order chi connectivity index (χ1) is 15.5. The summed E-state index contributed by atoms with van der Waals surface area (Å²) < 4.78 is 15.2. The van der Waals surface area contributed by atoms with Gasteiger partial charge >= 0.3 is 0 Å². The van der Waals surface area contributed by atoms with Crippen LogP contribution in [0.5, 0.6) is 11.5 Å². The van der Waals surface area contributed by atoms with E-state index in [9.17, 15) is 4.79 Å². The monoisotopic (exact) mass is 452 g/mol. The molecule has 168 valence electrons. The summed E-state index contributed by atoms with van der Waals surface area (Å²) in [7, 11) is 3.16. The van der Waals surface area contributed by atoms with Crippen molar-refractivity contribution in [2.24, 2.45) is 0 Å². The van der Waals surface area contributed by atoms with Crippen molar-refractivity contribution in [1.29, 1.82) is 0 Å². The topological polar surface area (TPSA) is 67.8 Å². The quantitative estimate of drug-likeness (QED) is 0.567. The number of amides is 1. The Morgan fingerprint density at radius 1 is 1.12 bits per heavy atom. The molecular weight excluding hydrogens is 424 g/mol. The first-order valence-corrected chi connectivity index (χ1v) is 11.4. The van der Waals surface area contributed by atoms with Crippen LogP contribution in [0.1, 0.15) is 34.2 Å². The largest absolute Gasteiger partial charge is 0.497 e. The average Bonchev–Trinajstić information content (AvgIpc) is 3.28. The normalized spacial score (nSPS) is 16.2. The molecular formula is C24H28N4O3S. The van der Waals surface area contributed by atoms with Crippen molar-refractivity contribution in [3.63, 3.8) is 0 Å². The molecule has 1 fully saturated rings. The summed E-state index contributed by atoms with van der Waals surface area (Å²) in [5.74, 6) is 1.99. The maximum atomic E-state index is 13.2. The Balaban J connectivity index is 1.42. The number of aryl methyl sites for hydroxylation is 1. The smallest absolute Gasteiger partial charge is 0.257 e. The predicted molar refractivity (Wildman–Crippen MR) is 126 cm³/mol. The lowest BCUT2D eigenvalue weighted by Crippen LogP contribution is -2.54. The molecule has 1 unspecified atom stereocenters. The highest BCUT2D eigenvalue weighted by molar-refractivity contribution is 7.09. The third-order valence-corrected chi connectivity index (χ3v) is 6.55. The third-order valence-electron chi connectivity index (χ3n) is 5.74. The van der Waals surface area contributed by atoms with Crippen LogP contribution in [0, 0.1) is 6.92 Å². The second-order valence-electron chi connectivity index (χ2n) is 8.02. The van der Waals surface area contributed by atoms with E-state index in [2.05, 4.69) is 47.4 Å². The van der Waals surface area contributed by atoms with Crippen molar-refractivity contribution in [1.82, 2.24) is 14.3 Å². The van der Waals surface area contributed by atoms with E-state index in [0.717, 1.165) is 17.4 Å². The Bertz CT molecular complexity index is 1080. The van der Waals surface area contributed by atoms with Gasteiger partial charge in [0.25, 0.3) is 5.91 Å². The van der Waals surface area contributed by atoms with Gasteiger partial charge in [0.1, 0.15) is 17.3 Å². The zero-order valence-corrected chi connectivity index (χ0v) is 19.7. The lowest BCUT2D eigenvalue weighted by Gasteiger charge is -2.39. The van der Waals surface area contributed by atoms with Gasteiger partial charge in [-0.25, -0.2) is 4.98 Å². The van der Waals surface area contributed by atoms with Crippen LogP contribution in [0.15, 0.2) is 42.5 Å². The molecule has 2 aromatic carbocycles. The number of carbonyl (C=O) groups excluding carboxylic acids is 1. The first-order valence-electron chi connectivity index (χ1n) is 10.6. The van der Waals surface area contributed by atoms with E-state index in [4.69, 9.17) is 14.5 Å². The highest BCUT2D eigenvalue weighted by Crippen LogP contribution is 2.28. The number of carbonyl (C=O) groups is 1. The van der Waals surface area contributed by atoms with E-state index in [1.165, 1.54) is 22.7 Å². The van der Waals surface area contributed by atoms with Gasteiger partial charge in [0.05, 0.1) is 19.8 Å². The maximum absolute atomic E-state index is 13.2. The Kier molecular flexibility index (Phi) is 6.60. The molecule has 0 aliphatic carbocycles. The van der Waals surface area contributed by atoms with Gasteiger partial charge in [-0.3, -0.25) is 4.79 Å². The van der Waals surface area contributed by atoms with E-state index in [1.54, 1.807) is 32.4 Å². The van der Waals surface area contributed by atoms with Gasteiger partial charge in [-0.05, 0) is 31.5 Å². The minimum atomic E-state index is -0.0334. The molecule has 1 amide bonds. The van der Waals surface area contributed by atoms with Gasteiger partial charge in [0.15, 0.2) is 0 Å². The molecule has 7 nitrogen and oxygen atoms in total. The van der Waals surface area contributed by atoms with Crippen LogP contribution in [0.2, 0.25) is 0 Å². The number of aromatic nitrogens is 2. The first kappa shape index (κ1) is 22.1. The summed E-state index contributed by atoms with van der Waals surface area (Å²) >= 11 is 1.42. The number of anilines is 1. The summed E-state index contributed by atoms with van der Waals surface area (Å²) in [5, 5.41) is 0.910. The standard InChI is InChI=1S/C24H28N4O3S/c1-16-5-7-18(8-6-16)13-22-25-24(32-26-22)27-11-12-28(17(2)15-27)23(29)20-10-9-19(30-3)14-21(20)31-4/h5-10,14,17H,11-13,15H2,1-4H3. The second-order valence-corrected chi connectivity index (χ2v) is 8.75. The fraction of sp³-hybridized carbons (Fsp3) is 0.375.